The molecule has 0 bridgehead atoms. The molecule has 0 aliphatic heterocycles. The van der Waals surface area contributed by atoms with Gasteiger partial charge in [0.1, 0.15) is 0 Å². The molecule has 2 saturated carbocycles. The van der Waals surface area contributed by atoms with Crippen LogP contribution in [0.4, 0.5) is 0 Å². The summed E-state index contributed by atoms with van der Waals surface area (Å²) >= 11 is 0. The zero-order valence-electron chi connectivity index (χ0n) is 22.0. The van der Waals surface area contributed by atoms with Gasteiger partial charge < -0.3 is 10.2 Å². The quantitative estimate of drug-likeness (QED) is 0.438. The van der Waals surface area contributed by atoms with Crippen molar-refractivity contribution in [2.75, 3.05) is 0 Å². The van der Waals surface area contributed by atoms with Crippen molar-refractivity contribution < 1.29 is 10.2 Å². The molecule has 4 aliphatic carbocycles. The van der Waals surface area contributed by atoms with Crippen molar-refractivity contribution in [2.45, 2.75) is 118 Å². The molecule has 0 aromatic rings. The van der Waals surface area contributed by atoms with E-state index in [4.69, 9.17) is 0 Å². The molecule has 2 N–H and O–H groups in total. The Labute approximate surface area is 198 Å². The van der Waals surface area contributed by atoms with Crippen LogP contribution in [-0.2, 0) is 0 Å². The van der Waals surface area contributed by atoms with E-state index < -0.39 is 0 Å². The minimum Gasteiger partial charge on any atom is -0.393 e. The molecule has 8 atom stereocenters. The highest BCUT2D eigenvalue weighted by Gasteiger charge is 2.60. The van der Waals surface area contributed by atoms with E-state index in [9.17, 15) is 10.2 Å². The minimum absolute atomic E-state index is 0.126. The molecule has 0 spiro atoms. The maximum atomic E-state index is 11.5. The Kier molecular flexibility index (Phi) is 6.33. The van der Waals surface area contributed by atoms with Crippen LogP contribution in [0.3, 0.4) is 0 Å². The molecule has 2 heteroatoms. The average molecular weight is 443 g/mol. The van der Waals surface area contributed by atoms with Crippen LogP contribution in [0.1, 0.15) is 106 Å². The summed E-state index contributed by atoms with van der Waals surface area (Å²) in [4.78, 5) is 0. The van der Waals surface area contributed by atoms with Gasteiger partial charge in [-0.05, 0) is 109 Å². The van der Waals surface area contributed by atoms with Gasteiger partial charge >= 0.3 is 0 Å². The molecular formula is C30H50O2. The van der Waals surface area contributed by atoms with Crippen LogP contribution in [0.25, 0.3) is 0 Å². The fraction of sp³-hybridized carbons (Fsp3) is 0.867. The standard InChI is InChI=1S/C30H50O2/c1-18(2)19(3)9-10-20(4)21-11-12-22-27-23(13-15-29(21,22)7)30(8)16-14-26(32)28(5,6)25(30)17-24(27)31/h18,20-22,24-26,31-32H,3,9-17H2,1-2,4-8H3/t20-,21-,22+,24+,25+,26-,29-,30-/m1/s1. The van der Waals surface area contributed by atoms with Gasteiger partial charge in [-0.1, -0.05) is 66.2 Å². The smallest absolute Gasteiger partial charge is 0.0759 e. The largest absolute Gasteiger partial charge is 0.393 e. The fourth-order valence-corrected chi connectivity index (χ4v) is 9.08. The highest BCUT2D eigenvalue weighted by atomic mass is 16.3. The third kappa shape index (κ3) is 3.58. The summed E-state index contributed by atoms with van der Waals surface area (Å²) in [5.74, 6) is 2.98. The van der Waals surface area contributed by atoms with Gasteiger partial charge in [0, 0.05) is 0 Å². The number of rotatable bonds is 5. The number of aliphatic hydroxyl groups excluding tert-OH is 2. The Balaban J connectivity index is 1.61. The van der Waals surface area contributed by atoms with Gasteiger partial charge in [-0.2, -0.15) is 0 Å². The van der Waals surface area contributed by atoms with E-state index in [0.29, 0.717) is 23.2 Å². The lowest BCUT2D eigenvalue weighted by Gasteiger charge is -2.60. The molecule has 4 rings (SSSR count). The molecule has 32 heavy (non-hydrogen) atoms. The normalized spacial score (nSPS) is 44.1. The van der Waals surface area contributed by atoms with Crippen LogP contribution in [0.2, 0.25) is 0 Å². The summed E-state index contributed by atoms with van der Waals surface area (Å²) in [6.07, 6.45) is 9.64. The van der Waals surface area contributed by atoms with Crippen LogP contribution in [0, 0.1) is 45.8 Å². The first-order chi connectivity index (χ1) is 14.8. The van der Waals surface area contributed by atoms with Crippen molar-refractivity contribution in [1.82, 2.24) is 0 Å². The van der Waals surface area contributed by atoms with Gasteiger partial charge in [0.2, 0.25) is 0 Å². The lowest BCUT2D eigenvalue weighted by Crippen LogP contribution is -2.56. The second-order valence-electron chi connectivity index (χ2n) is 13.6. The summed E-state index contributed by atoms with van der Waals surface area (Å²) < 4.78 is 0. The van der Waals surface area contributed by atoms with Crippen molar-refractivity contribution in [1.29, 1.82) is 0 Å². The molecule has 182 valence electrons. The van der Waals surface area contributed by atoms with Crippen LogP contribution in [-0.4, -0.2) is 22.4 Å². The molecule has 4 aliphatic rings. The number of fused-ring (bicyclic) bond motifs is 4. The van der Waals surface area contributed by atoms with Crippen LogP contribution >= 0.6 is 0 Å². The van der Waals surface area contributed by atoms with Crippen molar-refractivity contribution in [3.05, 3.63) is 23.3 Å². The maximum Gasteiger partial charge on any atom is 0.0759 e. The predicted octanol–water partition coefficient (Wildman–Crippen LogP) is 7.31. The van der Waals surface area contributed by atoms with Crippen LogP contribution in [0.15, 0.2) is 23.3 Å². The number of hydrogen-bond acceptors (Lipinski definition) is 2. The summed E-state index contributed by atoms with van der Waals surface area (Å²) in [5.41, 5.74) is 4.80. The molecule has 0 unspecified atom stereocenters. The molecule has 0 aromatic carbocycles. The second kappa shape index (κ2) is 8.26. The zero-order valence-corrected chi connectivity index (χ0v) is 22.0. The molecular weight excluding hydrogens is 392 g/mol. The SMILES string of the molecule is C=C(CC[C@@H](C)[C@H]1CC[C@H]2C3=C(CC[C@]12C)[C@@]1(C)CC[C@@H](O)C(C)(C)[C@@H]1C[C@@H]3O)C(C)C. The summed E-state index contributed by atoms with van der Waals surface area (Å²) in [6.45, 7) is 20.8. The Morgan fingerprint density at radius 3 is 2.38 bits per heavy atom. The first-order valence-corrected chi connectivity index (χ1v) is 13.6. The Bertz CT molecular complexity index is 776. The van der Waals surface area contributed by atoms with Crippen molar-refractivity contribution in [3.63, 3.8) is 0 Å². The van der Waals surface area contributed by atoms with Crippen LogP contribution in [0.5, 0.6) is 0 Å². The van der Waals surface area contributed by atoms with E-state index in [1.165, 1.54) is 36.8 Å². The second-order valence-corrected chi connectivity index (χ2v) is 13.6. The van der Waals surface area contributed by atoms with E-state index >= 15 is 0 Å². The summed E-state index contributed by atoms with van der Waals surface area (Å²) in [7, 11) is 0. The highest BCUT2D eigenvalue weighted by Crippen LogP contribution is 2.68. The molecule has 0 aromatic heterocycles. The number of hydrogen-bond donors (Lipinski definition) is 2. The monoisotopic (exact) mass is 442 g/mol. The van der Waals surface area contributed by atoms with Gasteiger partial charge in [0.25, 0.3) is 0 Å². The van der Waals surface area contributed by atoms with Crippen molar-refractivity contribution in [2.24, 2.45) is 45.8 Å². The third-order valence-electron chi connectivity index (χ3n) is 11.4. The minimum atomic E-state index is -0.313. The van der Waals surface area contributed by atoms with Gasteiger partial charge in [0.05, 0.1) is 12.2 Å². The molecule has 2 fully saturated rings. The summed E-state index contributed by atoms with van der Waals surface area (Å²) in [6, 6.07) is 0. The Morgan fingerprint density at radius 2 is 1.72 bits per heavy atom. The highest BCUT2D eigenvalue weighted by molar-refractivity contribution is 5.38. The molecule has 0 heterocycles. The van der Waals surface area contributed by atoms with Gasteiger partial charge in [-0.3, -0.25) is 0 Å². The Morgan fingerprint density at radius 1 is 1.03 bits per heavy atom. The fourth-order valence-electron chi connectivity index (χ4n) is 9.08. The van der Waals surface area contributed by atoms with E-state index in [2.05, 4.69) is 55.0 Å². The van der Waals surface area contributed by atoms with E-state index in [-0.39, 0.29) is 23.0 Å². The van der Waals surface area contributed by atoms with Gasteiger partial charge in [-0.15, -0.1) is 0 Å². The third-order valence-corrected chi connectivity index (χ3v) is 11.4. The predicted molar refractivity (Wildman–Crippen MR) is 134 cm³/mol. The lowest BCUT2D eigenvalue weighted by molar-refractivity contribution is -0.108. The zero-order chi connectivity index (χ0) is 23.6. The first kappa shape index (κ1) is 24.5. The van der Waals surface area contributed by atoms with Crippen LogP contribution < -0.4 is 0 Å². The lowest BCUT2D eigenvalue weighted by atomic mass is 9.45. The number of aliphatic hydroxyl groups is 2. The first-order valence-electron chi connectivity index (χ1n) is 13.6. The molecule has 0 amide bonds. The average Bonchev–Trinajstić information content (AvgIpc) is 3.08. The van der Waals surface area contributed by atoms with Crippen molar-refractivity contribution in [3.8, 4) is 0 Å². The molecule has 0 saturated heterocycles. The molecule has 2 nitrogen and oxygen atoms in total. The van der Waals surface area contributed by atoms with Crippen molar-refractivity contribution >= 4 is 0 Å². The van der Waals surface area contributed by atoms with E-state index in [1.54, 1.807) is 5.57 Å². The topological polar surface area (TPSA) is 40.5 Å². The Hall–Kier alpha value is -0.600. The summed E-state index contributed by atoms with van der Waals surface area (Å²) in [5, 5.41) is 22.3. The van der Waals surface area contributed by atoms with E-state index in [0.717, 1.165) is 43.9 Å². The van der Waals surface area contributed by atoms with Gasteiger partial charge in [-0.25, -0.2) is 0 Å². The maximum absolute atomic E-state index is 11.5. The number of allylic oxidation sites excluding steroid dienone is 2. The van der Waals surface area contributed by atoms with E-state index in [1.807, 2.05) is 0 Å². The molecule has 0 radical (unpaired) electrons. The van der Waals surface area contributed by atoms with Gasteiger partial charge in [0.15, 0.2) is 0 Å².